The fourth-order valence-corrected chi connectivity index (χ4v) is 11.5. The largest absolute Gasteiger partial charge is 0.491 e. The Bertz CT molecular complexity index is 2150. The Kier molecular flexibility index (Phi) is 12.8. The highest BCUT2D eigenvalue weighted by Crippen LogP contribution is 2.55. The number of rotatable bonds is 16. The molecule has 0 spiro atoms. The third-order valence-electron chi connectivity index (χ3n) is 11.2. The number of anilines is 1. The highest BCUT2D eigenvalue weighted by molar-refractivity contribution is 7.27. The quantitative estimate of drug-likeness (QED) is 0.0931. The minimum Gasteiger partial charge on any atom is -0.491 e. The van der Waals surface area contributed by atoms with Gasteiger partial charge in [-0.15, -0.1) is 34.0 Å². The number of aryl methyl sites for hydroxylation is 1. The van der Waals surface area contributed by atoms with E-state index in [-0.39, 0.29) is 17.2 Å². The van der Waals surface area contributed by atoms with E-state index in [1.165, 1.54) is 52.2 Å². The lowest BCUT2D eigenvalue weighted by atomic mass is 9.90. The molecule has 2 atom stereocenters. The molecule has 56 heavy (non-hydrogen) atoms. The lowest BCUT2D eigenvalue weighted by Gasteiger charge is -2.20. The molecule has 4 heterocycles. The average Bonchev–Trinajstić information content (AvgIpc) is 3.92. The maximum atomic E-state index is 14.6. The highest BCUT2D eigenvalue weighted by atomic mass is 32.1. The monoisotopic (exact) mass is 817 g/mol. The van der Waals surface area contributed by atoms with Gasteiger partial charge in [0.25, 0.3) is 11.8 Å². The van der Waals surface area contributed by atoms with Gasteiger partial charge in [-0.2, -0.15) is 0 Å². The summed E-state index contributed by atoms with van der Waals surface area (Å²) < 4.78 is 30.3. The van der Waals surface area contributed by atoms with E-state index in [0.717, 1.165) is 84.8 Å². The van der Waals surface area contributed by atoms with Crippen LogP contribution in [0.2, 0.25) is 0 Å². The minimum absolute atomic E-state index is 0.0560. The number of carbonyl (C=O) groups is 2. The second kappa shape index (κ2) is 16.9. The van der Waals surface area contributed by atoms with Crippen LogP contribution in [0.15, 0.2) is 30.3 Å². The van der Waals surface area contributed by atoms with Gasteiger partial charge in [-0.25, -0.2) is 9.29 Å². The molecular weight excluding hydrogens is 758 g/mol. The fraction of sp³-hybridized carbons (Fsp3) is 0.532. The number of hydrogen-bond acceptors (Lipinski definition) is 7. The SMILES string of the molecule is CCCCC(CC)COc1c2cc(C(C)(C)C)sc2c(OCC(CC)CCCC)c2cc(-c3sc(C(C)(C)C)c4c3C(=O)N(c3ccc(F)cc3C)C4=O)sc12. The molecule has 302 valence electrons. The minimum atomic E-state index is -0.405. The Morgan fingerprint density at radius 3 is 1.79 bits per heavy atom. The zero-order valence-electron chi connectivity index (χ0n) is 35.3. The van der Waals surface area contributed by atoms with E-state index in [2.05, 4.69) is 81.4 Å². The molecule has 0 saturated carbocycles. The van der Waals surface area contributed by atoms with E-state index < -0.39 is 11.2 Å². The summed E-state index contributed by atoms with van der Waals surface area (Å²) in [5.41, 5.74) is 1.37. The molecule has 0 radical (unpaired) electrons. The van der Waals surface area contributed by atoms with E-state index in [9.17, 15) is 14.0 Å². The Morgan fingerprint density at radius 2 is 1.27 bits per heavy atom. The topological polar surface area (TPSA) is 55.8 Å². The average molecular weight is 818 g/mol. The Morgan fingerprint density at radius 1 is 0.714 bits per heavy atom. The molecule has 0 fully saturated rings. The van der Waals surface area contributed by atoms with Gasteiger partial charge < -0.3 is 9.47 Å². The van der Waals surface area contributed by atoms with Crippen molar-refractivity contribution < 1.29 is 23.5 Å². The maximum Gasteiger partial charge on any atom is 0.267 e. The Labute approximate surface area is 345 Å². The van der Waals surface area contributed by atoms with Crippen LogP contribution >= 0.6 is 34.0 Å². The first kappa shape index (κ1) is 42.3. The van der Waals surface area contributed by atoms with E-state index in [0.29, 0.717) is 47.4 Å². The number of thiophene rings is 3. The molecular formula is C47H60FNO4S3. The number of ether oxygens (including phenoxy) is 2. The summed E-state index contributed by atoms with van der Waals surface area (Å²) in [7, 11) is 0. The third kappa shape index (κ3) is 8.20. The predicted octanol–water partition coefficient (Wildman–Crippen LogP) is 14.9. The van der Waals surface area contributed by atoms with Crippen molar-refractivity contribution in [2.45, 2.75) is 138 Å². The van der Waals surface area contributed by atoms with Crippen molar-refractivity contribution in [3.8, 4) is 21.3 Å². The number of halogens is 1. The summed E-state index contributed by atoms with van der Waals surface area (Å²) in [6.07, 6.45) is 9.01. The molecule has 9 heteroatoms. The third-order valence-corrected chi connectivity index (χ3v) is 15.7. The maximum absolute atomic E-state index is 14.6. The fourth-order valence-electron chi connectivity index (χ4n) is 7.61. The van der Waals surface area contributed by atoms with Crippen LogP contribution in [0, 0.1) is 24.6 Å². The van der Waals surface area contributed by atoms with Gasteiger partial charge in [0.1, 0.15) is 17.3 Å². The second-order valence-corrected chi connectivity index (χ2v) is 20.8. The normalized spacial score (nSPS) is 14.7. The van der Waals surface area contributed by atoms with E-state index in [4.69, 9.17) is 9.47 Å². The number of imide groups is 1. The van der Waals surface area contributed by atoms with Gasteiger partial charge >= 0.3 is 0 Å². The van der Waals surface area contributed by atoms with Crippen LogP contribution in [0.25, 0.3) is 29.9 Å². The summed E-state index contributed by atoms with van der Waals surface area (Å²) in [5.74, 6) is 1.52. The molecule has 3 aromatic heterocycles. The number of unbranched alkanes of at least 4 members (excludes halogenated alkanes) is 2. The van der Waals surface area contributed by atoms with Crippen molar-refractivity contribution in [1.29, 1.82) is 0 Å². The molecule has 0 bridgehead atoms. The van der Waals surface area contributed by atoms with Crippen molar-refractivity contribution >= 4 is 71.7 Å². The lowest BCUT2D eigenvalue weighted by molar-refractivity contribution is 0.0925. The summed E-state index contributed by atoms with van der Waals surface area (Å²) >= 11 is 4.96. The zero-order valence-corrected chi connectivity index (χ0v) is 37.7. The molecule has 2 unspecified atom stereocenters. The van der Waals surface area contributed by atoms with Gasteiger partial charge in [-0.1, -0.05) is 108 Å². The summed E-state index contributed by atoms with van der Waals surface area (Å²) in [6.45, 7) is 25.0. The Balaban J connectivity index is 1.59. The van der Waals surface area contributed by atoms with Gasteiger partial charge in [0.2, 0.25) is 0 Å². The smallest absolute Gasteiger partial charge is 0.267 e. The molecule has 1 aliphatic heterocycles. The van der Waals surface area contributed by atoms with Crippen LogP contribution in [-0.2, 0) is 10.8 Å². The molecule has 6 rings (SSSR count). The van der Waals surface area contributed by atoms with Crippen LogP contribution in [0.5, 0.6) is 11.5 Å². The van der Waals surface area contributed by atoms with Gasteiger partial charge in [0, 0.05) is 25.4 Å². The van der Waals surface area contributed by atoms with Gasteiger partial charge in [-0.05, 0) is 78.3 Å². The summed E-state index contributed by atoms with van der Waals surface area (Å²) in [4.78, 5) is 34.0. The molecule has 5 nitrogen and oxygen atoms in total. The number of amides is 2. The predicted molar refractivity (Wildman–Crippen MR) is 238 cm³/mol. The molecule has 2 amide bonds. The van der Waals surface area contributed by atoms with Gasteiger partial charge in [0.05, 0.1) is 44.3 Å². The van der Waals surface area contributed by atoms with E-state index in [1.54, 1.807) is 29.6 Å². The number of carbonyl (C=O) groups excluding carboxylic acids is 2. The number of fused-ring (bicyclic) bond motifs is 3. The number of benzene rings is 2. The summed E-state index contributed by atoms with van der Waals surface area (Å²) in [5, 5.41) is 2.07. The molecule has 0 saturated heterocycles. The lowest BCUT2D eigenvalue weighted by Crippen LogP contribution is -2.31. The first-order valence-electron chi connectivity index (χ1n) is 20.6. The first-order chi connectivity index (χ1) is 26.5. The van der Waals surface area contributed by atoms with Gasteiger partial charge in [0.15, 0.2) is 0 Å². The van der Waals surface area contributed by atoms with Gasteiger partial charge in [-0.3, -0.25) is 9.59 Å². The van der Waals surface area contributed by atoms with Crippen molar-refractivity contribution in [3.05, 3.63) is 62.6 Å². The van der Waals surface area contributed by atoms with Crippen molar-refractivity contribution in [2.24, 2.45) is 11.8 Å². The van der Waals surface area contributed by atoms with Crippen molar-refractivity contribution in [3.63, 3.8) is 0 Å². The molecule has 0 aliphatic carbocycles. The van der Waals surface area contributed by atoms with Crippen molar-refractivity contribution in [1.82, 2.24) is 0 Å². The van der Waals surface area contributed by atoms with Crippen LogP contribution in [-0.4, -0.2) is 25.0 Å². The van der Waals surface area contributed by atoms with Crippen LogP contribution in [0.1, 0.15) is 157 Å². The van der Waals surface area contributed by atoms with Crippen LogP contribution < -0.4 is 14.4 Å². The molecule has 5 aromatic rings. The number of nitrogens with zero attached hydrogens (tertiary/aromatic N) is 1. The highest BCUT2D eigenvalue weighted by Gasteiger charge is 2.45. The molecule has 2 aromatic carbocycles. The van der Waals surface area contributed by atoms with Crippen LogP contribution in [0.3, 0.4) is 0 Å². The molecule has 1 aliphatic rings. The van der Waals surface area contributed by atoms with E-state index >= 15 is 0 Å². The first-order valence-corrected chi connectivity index (χ1v) is 23.1. The van der Waals surface area contributed by atoms with Crippen molar-refractivity contribution in [2.75, 3.05) is 18.1 Å². The second-order valence-electron chi connectivity index (χ2n) is 17.7. The number of hydrogen-bond donors (Lipinski definition) is 0. The standard InChI is InChI=1S/C47H60FNO4S3/c1-12-16-18-28(14-3)25-52-38-31-23-34(54-40(31)39(53-26-29(15-4)19-17-13-2)32-24-35(46(6,7)8)55-41(32)38)42-36-37(43(56-42)47(9,10)11)45(51)49(44(36)50)33-21-20-30(48)22-27(33)5/h20-24,28-29H,12-19,25-26H2,1-11H3. The molecule has 0 N–H and O–H groups in total. The zero-order chi connectivity index (χ0) is 40.7. The summed E-state index contributed by atoms with van der Waals surface area (Å²) in [6, 6.07) is 8.71. The van der Waals surface area contributed by atoms with Crippen LogP contribution in [0.4, 0.5) is 10.1 Å². The van der Waals surface area contributed by atoms with E-state index in [1.807, 2.05) is 0 Å². The Hall–Kier alpha value is -3.27.